The second kappa shape index (κ2) is 8.27. The fraction of sp³-hybridized carbons (Fsp3) is 0.333. The van der Waals surface area contributed by atoms with Crippen molar-refractivity contribution in [2.45, 2.75) is 45.7 Å². The first kappa shape index (κ1) is 20.0. The lowest BCUT2D eigenvalue weighted by Gasteiger charge is -2.14. The fourth-order valence-corrected chi connectivity index (χ4v) is 5.09. The molecule has 3 aromatic carbocycles. The van der Waals surface area contributed by atoms with Gasteiger partial charge in [-0.25, -0.2) is 0 Å². The van der Waals surface area contributed by atoms with Gasteiger partial charge in [0.1, 0.15) is 0 Å². The third-order valence-electron chi connectivity index (χ3n) is 6.51. The molecule has 160 valence electrons. The van der Waals surface area contributed by atoms with E-state index in [4.69, 9.17) is 10.5 Å². The van der Waals surface area contributed by atoms with Crippen LogP contribution in [-0.4, -0.2) is 22.8 Å². The monoisotopic (exact) mass is 413 g/mol. The molecule has 4 nitrogen and oxygen atoms in total. The van der Waals surface area contributed by atoms with Crippen LogP contribution >= 0.6 is 0 Å². The summed E-state index contributed by atoms with van der Waals surface area (Å²) in [7, 11) is 1.82. The standard InChI is InChI=1S/C27H31N3O/c1-3-4-16-29-23-13-7-5-11-19(23)21-18-22-20-12-6-8-14-24(20)30(17-10-9-15-28)26(22)27(31-2)25(21)29/h5-8,11-14,18H,3-4,9-10,15-17,28H2,1-2H3. The lowest BCUT2D eigenvalue weighted by atomic mass is 10.1. The number of hydrogen-bond donors (Lipinski definition) is 1. The Morgan fingerprint density at radius 3 is 1.81 bits per heavy atom. The van der Waals surface area contributed by atoms with E-state index in [-0.39, 0.29) is 0 Å². The second-order valence-corrected chi connectivity index (χ2v) is 8.39. The van der Waals surface area contributed by atoms with Crippen molar-refractivity contribution in [3.05, 3.63) is 54.6 Å². The molecule has 5 aromatic rings. The van der Waals surface area contributed by atoms with Crippen LogP contribution in [0.1, 0.15) is 32.6 Å². The Kier molecular flexibility index (Phi) is 5.33. The highest BCUT2D eigenvalue weighted by Gasteiger charge is 2.22. The molecule has 0 amide bonds. The summed E-state index contributed by atoms with van der Waals surface area (Å²) in [6.45, 7) is 4.91. The molecule has 0 atom stereocenters. The fourth-order valence-electron chi connectivity index (χ4n) is 5.09. The van der Waals surface area contributed by atoms with Crippen LogP contribution in [-0.2, 0) is 13.1 Å². The quantitative estimate of drug-likeness (QED) is 0.297. The van der Waals surface area contributed by atoms with Gasteiger partial charge in [-0.15, -0.1) is 0 Å². The van der Waals surface area contributed by atoms with Gasteiger partial charge < -0.3 is 19.6 Å². The van der Waals surface area contributed by atoms with E-state index in [0.717, 1.165) is 51.1 Å². The summed E-state index contributed by atoms with van der Waals surface area (Å²) in [5.41, 5.74) is 10.8. The molecule has 0 aliphatic carbocycles. The van der Waals surface area contributed by atoms with E-state index in [1.54, 1.807) is 0 Å². The largest absolute Gasteiger partial charge is 0.492 e. The number of para-hydroxylation sites is 2. The highest BCUT2D eigenvalue weighted by atomic mass is 16.5. The molecule has 0 fully saturated rings. The number of aromatic nitrogens is 2. The minimum absolute atomic E-state index is 0.726. The molecule has 5 rings (SSSR count). The van der Waals surface area contributed by atoms with Crippen molar-refractivity contribution >= 4 is 43.6 Å². The average Bonchev–Trinajstić information content (AvgIpc) is 3.30. The first-order valence-electron chi connectivity index (χ1n) is 11.5. The molecule has 0 bridgehead atoms. The van der Waals surface area contributed by atoms with Crippen molar-refractivity contribution < 1.29 is 4.74 Å². The van der Waals surface area contributed by atoms with Gasteiger partial charge in [-0.1, -0.05) is 49.7 Å². The molecule has 2 heterocycles. The Morgan fingerprint density at radius 1 is 0.742 bits per heavy atom. The summed E-state index contributed by atoms with van der Waals surface area (Å²) in [6, 6.07) is 19.9. The van der Waals surface area contributed by atoms with Crippen molar-refractivity contribution in [3.63, 3.8) is 0 Å². The van der Waals surface area contributed by atoms with Crippen LogP contribution in [0.5, 0.6) is 5.75 Å². The first-order chi connectivity index (χ1) is 15.3. The van der Waals surface area contributed by atoms with Crippen LogP contribution < -0.4 is 10.5 Å². The van der Waals surface area contributed by atoms with Gasteiger partial charge in [0.25, 0.3) is 0 Å². The SMILES string of the molecule is CCCCn1c2ccccc2c2cc3c4ccccc4n(CCCCN)c3c(OC)c21. The van der Waals surface area contributed by atoms with Crippen LogP contribution in [0.3, 0.4) is 0 Å². The van der Waals surface area contributed by atoms with Crippen LogP contribution in [0.15, 0.2) is 54.6 Å². The van der Waals surface area contributed by atoms with Gasteiger partial charge in [-0.2, -0.15) is 0 Å². The molecule has 0 saturated carbocycles. The zero-order chi connectivity index (χ0) is 21.4. The number of rotatable bonds is 8. The third-order valence-corrected chi connectivity index (χ3v) is 6.51. The Labute approximate surface area is 183 Å². The van der Waals surface area contributed by atoms with Crippen LogP contribution in [0, 0.1) is 0 Å². The molecule has 31 heavy (non-hydrogen) atoms. The van der Waals surface area contributed by atoms with Crippen molar-refractivity contribution in [3.8, 4) is 5.75 Å². The van der Waals surface area contributed by atoms with Gasteiger partial charge in [-0.05, 0) is 44.0 Å². The number of hydrogen-bond acceptors (Lipinski definition) is 2. The highest BCUT2D eigenvalue weighted by molar-refractivity contribution is 6.21. The molecular weight excluding hydrogens is 382 g/mol. The number of fused-ring (bicyclic) bond motifs is 6. The van der Waals surface area contributed by atoms with Crippen LogP contribution in [0.2, 0.25) is 0 Å². The predicted octanol–water partition coefficient (Wildman–Crippen LogP) is 6.45. The number of aryl methyl sites for hydroxylation is 2. The number of nitrogens with two attached hydrogens (primary N) is 1. The van der Waals surface area contributed by atoms with Gasteiger partial charge in [0.05, 0.1) is 18.1 Å². The topological polar surface area (TPSA) is 45.1 Å². The van der Waals surface area contributed by atoms with Gasteiger partial charge in [0.2, 0.25) is 0 Å². The summed E-state index contributed by atoms with van der Waals surface area (Å²) in [4.78, 5) is 0. The van der Waals surface area contributed by atoms with Crippen molar-refractivity contribution in [2.24, 2.45) is 5.73 Å². The minimum Gasteiger partial charge on any atom is -0.492 e. The zero-order valence-corrected chi connectivity index (χ0v) is 18.5. The van der Waals surface area contributed by atoms with E-state index in [1.165, 1.54) is 43.6 Å². The lowest BCUT2D eigenvalue weighted by Crippen LogP contribution is -2.04. The van der Waals surface area contributed by atoms with Gasteiger partial charge in [-0.3, -0.25) is 0 Å². The molecule has 4 heteroatoms. The average molecular weight is 414 g/mol. The Morgan fingerprint density at radius 2 is 1.29 bits per heavy atom. The van der Waals surface area contributed by atoms with E-state index in [0.29, 0.717) is 0 Å². The van der Waals surface area contributed by atoms with E-state index < -0.39 is 0 Å². The van der Waals surface area contributed by atoms with Crippen molar-refractivity contribution in [2.75, 3.05) is 13.7 Å². The molecule has 0 radical (unpaired) electrons. The minimum atomic E-state index is 0.726. The van der Waals surface area contributed by atoms with Crippen LogP contribution in [0.4, 0.5) is 0 Å². The Balaban J connectivity index is 1.93. The summed E-state index contributed by atoms with van der Waals surface area (Å²) >= 11 is 0. The molecule has 0 unspecified atom stereocenters. The molecule has 0 aliphatic heterocycles. The highest BCUT2D eigenvalue weighted by Crippen LogP contribution is 2.44. The number of methoxy groups -OCH3 is 1. The zero-order valence-electron chi connectivity index (χ0n) is 18.5. The molecule has 2 N–H and O–H groups in total. The lowest BCUT2D eigenvalue weighted by molar-refractivity contribution is 0.419. The maximum atomic E-state index is 6.20. The predicted molar refractivity (Wildman–Crippen MR) is 132 cm³/mol. The summed E-state index contributed by atoms with van der Waals surface area (Å²) in [5.74, 6) is 0.990. The Bertz CT molecular complexity index is 1380. The summed E-state index contributed by atoms with van der Waals surface area (Å²) in [6.07, 6.45) is 4.39. The number of ether oxygens (including phenoxy) is 1. The second-order valence-electron chi connectivity index (χ2n) is 8.39. The maximum absolute atomic E-state index is 6.20. The summed E-state index contributed by atoms with van der Waals surface area (Å²) in [5, 5.41) is 5.14. The van der Waals surface area contributed by atoms with E-state index >= 15 is 0 Å². The van der Waals surface area contributed by atoms with Gasteiger partial charge in [0, 0.05) is 45.7 Å². The van der Waals surface area contributed by atoms with Crippen LogP contribution in [0.25, 0.3) is 43.6 Å². The molecular formula is C27H31N3O. The van der Waals surface area contributed by atoms with Gasteiger partial charge in [0.15, 0.2) is 5.75 Å². The first-order valence-corrected chi connectivity index (χ1v) is 11.5. The van der Waals surface area contributed by atoms with Gasteiger partial charge >= 0.3 is 0 Å². The third kappa shape index (κ3) is 3.09. The normalized spacial score (nSPS) is 12.0. The van der Waals surface area contributed by atoms with E-state index in [9.17, 15) is 0 Å². The molecule has 0 aliphatic rings. The van der Waals surface area contributed by atoms with Crippen molar-refractivity contribution in [1.82, 2.24) is 9.13 Å². The van der Waals surface area contributed by atoms with E-state index in [1.807, 2.05) is 7.11 Å². The molecule has 0 saturated heterocycles. The number of benzene rings is 3. The smallest absolute Gasteiger partial charge is 0.167 e. The number of nitrogens with zero attached hydrogens (tertiary/aromatic N) is 2. The van der Waals surface area contributed by atoms with Crippen molar-refractivity contribution in [1.29, 1.82) is 0 Å². The maximum Gasteiger partial charge on any atom is 0.167 e. The van der Waals surface area contributed by atoms with E-state index in [2.05, 4.69) is 70.7 Å². The molecule has 0 spiro atoms. The number of unbranched alkanes of at least 4 members (excludes halogenated alkanes) is 2. The summed E-state index contributed by atoms with van der Waals surface area (Å²) < 4.78 is 11.1. The molecule has 2 aromatic heterocycles. The Hall–Kier alpha value is -2.98.